The van der Waals surface area contributed by atoms with Gasteiger partial charge in [-0.15, -0.1) is 0 Å². The molecule has 0 spiro atoms. The predicted octanol–water partition coefficient (Wildman–Crippen LogP) is 3.34. The fraction of sp³-hybridized carbons (Fsp3) is 0.611. The third-order valence-electron chi connectivity index (χ3n) is 3.60. The predicted molar refractivity (Wildman–Crippen MR) is 96.1 cm³/mol. The molecule has 0 amide bonds. The summed E-state index contributed by atoms with van der Waals surface area (Å²) in [4.78, 5) is 3.94. The first-order valence-corrected chi connectivity index (χ1v) is 8.84. The number of aliphatic imine (C=N–C) groups is 1. The van der Waals surface area contributed by atoms with Crippen LogP contribution in [0.1, 0.15) is 30.9 Å². The van der Waals surface area contributed by atoms with E-state index in [0.29, 0.717) is 38.4 Å². The van der Waals surface area contributed by atoms with Crippen molar-refractivity contribution in [1.29, 1.82) is 0 Å². The van der Waals surface area contributed by atoms with Crippen LogP contribution in [0.2, 0.25) is 0 Å². The van der Waals surface area contributed by atoms with Crippen molar-refractivity contribution in [2.75, 3.05) is 40.0 Å². The van der Waals surface area contributed by atoms with Crippen molar-refractivity contribution in [1.82, 2.24) is 10.6 Å². The number of hydrogen-bond donors (Lipinski definition) is 2. The third-order valence-corrected chi connectivity index (χ3v) is 3.60. The van der Waals surface area contributed by atoms with Crippen molar-refractivity contribution < 1.29 is 27.0 Å². The highest BCUT2D eigenvalue weighted by atomic mass is 19.4. The summed E-state index contributed by atoms with van der Waals surface area (Å²) in [7, 11) is 1.51. The number of alkyl halides is 3. The highest BCUT2D eigenvalue weighted by molar-refractivity contribution is 5.79. The Morgan fingerprint density at radius 3 is 2.41 bits per heavy atom. The quantitative estimate of drug-likeness (QED) is 0.262. The fourth-order valence-electron chi connectivity index (χ4n) is 2.18. The number of hydrogen-bond acceptors (Lipinski definition) is 3. The van der Waals surface area contributed by atoms with Crippen LogP contribution in [-0.2, 0) is 22.2 Å². The molecule has 0 aliphatic heterocycles. The van der Waals surface area contributed by atoms with E-state index in [9.17, 15) is 17.6 Å². The minimum atomic E-state index is -4.62. The molecule has 27 heavy (non-hydrogen) atoms. The van der Waals surface area contributed by atoms with E-state index in [0.717, 1.165) is 31.6 Å². The summed E-state index contributed by atoms with van der Waals surface area (Å²) in [6, 6.07) is 2.60. The number of benzene rings is 1. The summed E-state index contributed by atoms with van der Waals surface area (Å²) < 4.78 is 62.8. The second-order valence-corrected chi connectivity index (χ2v) is 5.73. The van der Waals surface area contributed by atoms with E-state index in [1.807, 2.05) is 0 Å². The first-order valence-electron chi connectivity index (χ1n) is 8.84. The number of nitrogens with zero attached hydrogens (tertiary/aromatic N) is 1. The van der Waals surface area contributed by atoms with Crippen molar-refractivity contribution in [3.05, 3.63) is 35.1 Å². The second kappa shape index (κ2) is 12.5. The van der Waals surface area contributed by atoms with E-state index in [1.165, 1.54) is 7.05 Å². The molecule has 0 bridgehead atoms. The molecule has 1 aromatic rings. The molecule has 154 valence electrons. The van der Waals surface area contributed by atoms with Gasteiger partial charge in [-0.05, 0) is 24.1 Å². The molecule has 1 aromatic carbocycles. The minimum absolute atomic E-state index is 0.0627. The maximum absolute atomic E-state index is 13.1. The fourth-order valence-corrected chi connectivity index (χ4v) is 2.18. The Morgan fingerprint density at radius 2 is 1.78 bits per heavy atom. The Bertz CT molecular complexity index is 580. The third kappa shape index (κ3) is 9.58. The number of unbranched alkanes of at least 4 members (excludes halogenated alkanes) is 1. The van der Waals surface area contributed by atoms with E-state index in [4.69, 9.17) is 9.47 Å². The summed E-state index contributed by atoms with van der Waals surface area (Å²) in [5.74, 6) is -0.598. The molecular weight excluding hydrogens is 366 g/mol. The van der Waals surface area contributed by atoms with Crippen molar-refractivity contribution in [3.63, 3.8) is 0 Å². The number of halogens is 4. The molecule has 0 saturated carbocycles. The van der Waals surface area contributed by atoms with Gasteiger partial charge in [0.15, 0.2) is 5.96 Å². The van der Waals surface area contributed by atoms with Crippen molar-refractivity contribution in [2.45, 2.75) is 32.5 Å². The molecule has 0 aromatic heterocycles. The van der Waals surface area contributed by atoms with Crippen LogP contribution in [0.15, 0.2) is 23.2 Å². The monoisotopic (exact) mass is 393 g/mol. The number of nitrogens with one attached hydrogen (secondary N) is 2. The molecule has 1 rings (SSSR count). The molecule has 5 nitrogen and oxygen atoms in total. The first kappa shape index (κ1) is 23.2. The average molecular weight is 393 g/mol. The van der Waals surface area contributed by atoms with Gasteiger partial charge in [-0.25, -0.2) is 4.39 Å². The van der Waals surface area contributed by atoms with Gasteiger partial charge in [0, 0.05) is 26.7 Å². The van der Waals surface area contributed by atoms with Crippen molar-refractivity contribution >= 4 is 5.96 Å². The Hall–Kier alpha value is -1.87. The van der Waals surface area contributed by atoms with Crippen LogP contribution in [0.5, 0.6) is 0 Å². The summed E-state index contributed by atoms with van der Waals surface area (Å²) in [6.07, 6.45) is -2.52. The Balaban J connectivity index is 2.33. The van der Waals surface area contributed by atoms with Crippen LogP contribution >= 0.6 is 0 Å². The average Bonchev–Trinajstić information content (AvgIpc) is 2.62. The van der Waals surface area contributed by atoms with Gasteiger partial charge in [-0.3, -0.25) is 4.99 Å². The molecule has 2 N–H and O–H groups in total. The zero-order valence-electron chi connectivity index (χ0n) is 15.7. The summed E-state index contributed by atoms with van der Waals surface area (Å²) in [5, 5.41) is 5.72. The molecule has 0 aliphatic rings. The van der Waals surface area contributed by atoms with Crippen LogP contribution in [0.4, 0.5) is 17.6 Å². The Morgan fingerprint density at radius 1 is 1.07 bits per heavy atom. The SMILES string of the molecule is CCCCOCCOCCNC(=NC)NCc1ccc(F)cc1C(F)(F)F. The molecule has 0 radical (unpaired) electrons. The molecule has 0 fully saturated rings. The summed E-state index contributed by atoms with van der Waals surface area (Å²) in [6.45, 7) is 4.51. The molecule has 0 atom stereocenters. The van der Waals surface area contributed by atoms with Crippen LogP contribution in [-0.4, -0.2) is 46.0 Å². The standard InChI is InChI=1S/C18H27F4N3O2/c1-3-4-8-26-10-11-27-9-7-24-17(23-2)25-13-14-5-6-15(19)12-16(14)18(20,21)22/h5-6,12H,3-4,7-11,13H2,1-2H3,(H2,23,24,25). The van der Waals surface area contributed by atoms with Crippen LogP contribution < -0.4 is 10.6 Å². The van der Waals surface area contributed by atoms with Gasteiger partial charge < -0.3 is 20.1 Å². The van der Waals surface area contributed by atoms with Crippen LogP contribution in [0.3, 0.4) is 0 Å². The Kier molecular flexibility index (Phi) is 10.7. The normalized spacial score (nSPS) is 12.3. The summed E-state index contributed by atoms with van der Waals surface area (Å²) >= 11 is 0. The lowest BCUT2D eigenvalue weighted by Gasteiger charge is -2.16. The molecule has 0 saturated heterocycles. The maximum Gasteiger partial charge on any atom is 0.416 e. The first-order chi connectivity index (χ1) is 12.9. The topological polar surface area (TPSA) is 54.9 Å². The van der Waals surface area contributed by atoms with Gasteiger partial charge in [0.25, 0.3) is 0 Å². The van der Waals surface area contributed by atoms with Crippen molar-refractivity contribution in [3.8, 4) is 0 Å². The number of guanidine groups is 1. The van der Waals surface area contributed by atoms with Gasteiger partial charge >= 0.3 is 6.18 Å². The largest absolute Gasteiger partial charge is 0.416 e. The number of ether oxygens (including phenoxy) is 2. The van der Waals surface area contributed by atoms with E-state index < -0.39 is 17.6 Å². The van der Waals surface area contributed by atoms with Gasteiger partial charge in [0.1, 0.15) is 5.82 Å². The lowest BCUT2D eigenvalue weighted by atomic mass is 10.1. The molecular formula is C18H27F4N3O2. The van der Waals surface area contributed by atoms with Gasteiger partial charge in [0.2, 0.25) is 0 Å². The summed E-state index contributed by atoms with van der Waals surface area (Å²) in [5.41, 5.74) is -1.07. The smallest absolute Gasteiger partial charge is 0.379 e. The Labute approximate surface area is 157 Å². The molecule has 0 aliphatic carbocycles. The van der Waals surface area contributed by atoms with E-state index in [1.54, 1.807) is 0 Å². The van der Waals surface area contributed by atoms with E-state index in [2.05, 4.69) is 22.5 Å². The van der Waals surface area contributed by atoms with Crippen LogP contribution in [0, 0.1) is 5.82 Å². The highest BCUT2D eigenvalue weighted by Crippen LogP contribution is 2.32. The zero-order valence-corrected chi connectivity index (χ0v) is 15.7. The van der Waals surface area contributed by atoms with Gasteiger partial charge in [-0.2, -0.15) is 13.2 Å². The lowest BCUT2D eigenvalue weighted by Crippen LogP contribution is -2.39. The highest BCUT2D eigenvalue weighted by Gasteiger charge is 2.33. The second-order valence-electron chi connectivity index (χ2n) is 5.73. The molecule has 9 heteroatoms. The van der Waals surface area contributed by atoms with Crippen LogP contribution in [0.25, 0.3) is 0 Å². The van der Waals surface area contributed by atoms with Crippen molar-refractivity contribution in [2.24, 2.45) is 4.99 Å². The molecule has 0 heterocycles. The van der Waals surface area contributed by atoms with E-state index in [-0.39, 0.29) is 12.1 Å². The number of rotatable bonds is 11. The minimum Gasteiger partial charge on any atom is -0.379 e. The van der Waals surface area contributed by atoms with Gasteiger partial charge in [-0.1, -0.05) is 19.4 Å². The van der Waals surface area contributed by atoms with E-state index >= 15 is 0 Å². The van der Waals surface area contributed by atoms with Gasteiger partial charge in [0.05, 0.1) is 25.4 Å². The zero-order chi connectivity index (χ0) is 20.1. The maximum atomic E-state index is 13.1. The lowest BCUT2D eigenvalue weighted by molar-refractivity contribution is -0.138. The molecule has 0 unspecified atom stereocenters.